The Morgan fingerprint density at radius 3 is 2.76 bits per heavy atom. The highest BCUT2D eigenvalue weighted by Gasteiger charge is 2.28. The molecule has 1 aliphatic rings. The average molecular weight is 343 g/mol. The van der Waals surface area contributed by atoms with Crippen LogP contribution in [0.1, 0.15) is 22.9 Å². The summed E-state index contributed by atoms with van der Waals surface area (Å²) >= 11 is 0. The predicted molar refractivity (Wildman–Crippen MR) is 89.5 cm³/mol. The van der Waals surface area contributed by atoms with Gasteiger partial charge in [0.25, 0.3) is 0 Å². The van der Waals surface area contributed by atoms with Gasteiger partial charge in [0, 0.05) is 19.3 Å². The number of carbonyl (C=O) groups is 1. The van der Waals surface area contributed by atoms with E-state index in [-0.39, 0.29) is 5.82 Å². The highest BCUT2D eigenvalue weighted by atomic mass is 19.1. The van der Waals surface area contributed by atoms with Crippen LogP contribution >= 0.6 is 0 Å². The molecule has 1 atom stereocenters. The van der Waals surface area contributed by atoms with Crippen LogP contribution in [0.2, 0.25) is 0 Å². The van der Waals surface area contributed by atoms with Gasteiger partial charge in [-0.15, -0.1) is 0 Å². The lowest BCUT2D eigenvalue weighted by Crippen LogP contribution is -2.34. The Balaban J connectivity index is 1.86. The predicted octanol–water partition coefficient (Wildman–Crippen LogP) is 0.657. The topological polar surface area (TPSA) is 121 Å². The van der Waals surface area contributed by atoms with E-state index in [0.717, 1.165) is 43.0 Å². The number of hydrogen-bond donors (Lipinski definition) is 3. The molecule has 25 heavy (non-hydrogen) atoms. The Morgan fingerprint density at radius 1 is 1.36 bits per heavy atom. The van der Waals surface area contributed by atoms with Gasteiger partial charge in [0.1, 0.15) is 11.7 Å². The highest BCUT2D eigenvalue weighted by molar-refractivity contribution is 6.11. The van der Waals surface area contributed by atoms with Crippen LogP contribution in [-0.2, 0) is 17.8 Å². The molecule has 1 unspecified atom stereocenters. The SMILES string of the molecule is CN1CCc2c(cncc2NC(=O)C(C(=N)N)c2ncc(F)cn2)C1. The van der Waals surface area contributed by atoms with Crippen LogP contribution in [0.15, 0.2) is 24.8 Å². The maximum atomic E-state index is 13.0. The first kappa shape index (κ1) is 16.9. The second kappa shape index (κ2) is 6.89. The number of nitrogens with zero attached hydrogens (tertiary/aromatic N) is 4. The number of amidine groups is 1. The normalized spacial score (nSPS) is 15.3. The van der Waals surface area contributed by atoms with Gasteiger partial charge in [0.2, 0.25) is 5.91 Å². The number of rotatable bonds is 4. The number of nitrogens with two attached hydrogens (primary N) is 1. The summed E-state index contributed by atoms with van der Waals surface area (Å²) < 4.78 is 13.0. The van der Waals surface area contributed by atoms with E-state index in [1.165, 1.54) is 0 Å². The zero-order valence-corrected chi connectivity index (χ0v) is 13.7. The summed E-state index contributed by atoms with van der Waals surface area (Å²) in [7, 11) is 2.02. The highest BCUT2D eigenvalue weighted by Crippen LogP contribution is 2.25. The number of anilines is 1. The Morgan fingerprint density at radius 2 is 2.08 bits per heavy atom. The average Bonchev–Trinajstić information content (AvgIpc) is 2.56. The van der Waals surface area contributed by atoms with Crippen molar-refractivity contribution in [3.8, 4) is 0 Å². The summed E-state index contributed by atoms with van der Waals surface area (Å²) in [5, 5.41) is 10.4. The van der Waals surface area contributed by atoms with Crippen molar-refractivity contribution < 1.29 is 9.18 Å². The van der Waals surface area contributed by atoms with E-state index in [9.17, 15) is 9.18 Å². The molecular weight excluding hydrogens is 325 g/mol. The second-order valence-electron chi connectivity index (χ2n) is 5.95. The van der Waals surface area contributed by atoms with E-state index in [0.29, 0.717) is 5.69 Å². The van der Waals surface area contributed by atoms with Gasteiger partial charge in [-0.2, -0.15) is 0 Å². The molecule has 0 fully saturated rings. The molecule has 9 heteroatoms. The van der Waals surface area contributed by atoms with Crippen molar-refractivity contribution in [2.75, 3.05) is 18.9 Å². The minimum absolute atomic E-state index is 0.0242. The van der Waals surface area contributed by atoms with E-state index in [2.05, 4.69) is 25.2 Å². The number of fused-ring (bicyclic) bond motifs is 1. The van der Waals surface area contributed by atoms with Crippen molar-refractivity contribution in [1.29, 1.82) is 5.41 Å². The summed E-state index contributed by atoms with van der Waals surface area (Å²) in [6.45, 7) is 1.63. The molecule has 1 aliphatic heterocycles. The zero-order chi connectivity index (χ0) is 18.0. The summed E-state index contributed by atoms with van der Waals surface area (Å²) in [6.07, 6.45) is 6.01. The van der Waals surface area contributed by atoms with E-state index >= 15 is 0 Å². The van der Waals surface area contributed by atoms with Crippen molar-refractivity contribution in [2.24, 2.45) is 5.73 Å². The minimum Gasteiger partial charge on any atom is -0.387 e. The number of hydrogen-bond acceptors (Lipinski definition) is 6. The van der Waals surface area contributed by atoms with E-state index in [1.54, 1.807) is 12.4 Å². The number of nitrogens with one attached hydrogen (secondary N) is 2. The molecule has 0 spiro atoms. The van der Waals surface area contributed by atoms with E-state index in [1.807, 2.05) is 7.05 Å². The third kappa shape index (κ3) is 3.61. The second-order valence-corrected chi connectivity index (χ2v) is 5.95. The summed E-state index contributed by atoms with van der Waals surface area (Å²) in [5.74, 6) is -2.81. The van der Waals surface area contributed by atoms with Crippen LogP contribution in [0.4, 0.5) is 10.1 Å². The van der Waals surface area contributed by atoms with Crippen molar-refractivity contribution in [2.45, 2.75) is 18.9 Å². The van der Waals surface area contributed by atoms with Crippen molar-refractivity contribution >= 4 is 17.4 Å². The molecular formula is C16H18FN7O. The molecule has 3 heterocycles. The van der Waals surface area contributed by atoms with Crippen LogP contribution in [0.25, 0.3) is 0 Å². The quantitative estimate of drug-likeness (QED) is 0.554. The molecule has 0 saturated heterocycles. The molecule has 1 amide bonds. The number of pyridine rings is 1. The molecule has 0 aliphatic carbocycles. The zero-order valence-electron chi connectivity index (χ0n) is 13.7. The van der Waals surface area contributed by atoms with Crippen LogP contribution in [0.3, 0.4) is 0 Å². The largest absolute Gasteiger partial charge is 0.387 e. The number of amides is 1. The van der Waals surface area contributed by atoms with Crippen LogP contribution in [0.5, 0.6) is 0 Å². The Bertz CT molecular complexity index is 809. The number of likely N-dealkylation sites (N-methyl/N-ethyl adjacent to an activating group) is 1. The third-order valence-corrected chi connectivity index (χ3v) is 4.06. The Hall–Kier alpha value is -2.94. The smallest absolute Gasteiger partial charge is 0.242 e. The first-order valence-electron chi connectivity index (χ1n) is 7.72. The standard InChI is InChI=1S/C16H18FN7O/c1-24-3-2-11-9(8-24)4-20-7-12(11)23-16(25)13(14(18)19)15-21-5-10(17)6-22-15/h4-7,13H,2-3,8H2,1H3,(H3,18,19)(H,23,25). The monoisotopic (exact) mass is 343 g/mol. The van der Waals surface area contributed by atoms with Crippen LogP contribution in [-0.4, -0.2) is 45.2 Å². The van der Waals surface area contributed by atoms with Gasteiger partial charge in [0.15, 0.2) is 11.7 Å². The van der Waals surface area contributed by atoms with Gasteiger partial charge in [-0.05, 0) is 24.6 Å². The fraction of sp³-hybridized carbons (Fsp3) is 0.312. The lowest BCUT2D eigenvalue weighted by atomic mass is 10.00. The van der Waals surface area contributed by atoms with Gasteiger partial charge >= 0.3 is 0 Å². The summed E-state index contributed by atoms with van der Waals surface area (Å²) in [6, 6.07) is 0. The maximum absolute atomic E-state index is 13.0. The number of aromatic nitrogens is 3. The molecule has 2 aromatic rings. The van der Waals surface area contributed by atoms with Gasteiger partial charge < -0.3 is 16.0 Å². The van der Waals surface area contributed by atoms with Crippen molar-refractivity contribution in [3.63, 3.8) is 0 Å². The first-order valence-corrected chi connectivity index (χ1v) is 7.72. The summed E-state index contributed by atoms with van der Waals surface area (Å²) in [5.41, 5.74) is 8.19. The molecule has 0 bridgehead atoms. The van der Waals surface area contributed by atoms with Crippen molar-refractivity contribution in [1.82, 2.24) is 19.9 Å². The fourth-order valence-electron chi connectivity index (χ4n) is 2.82. The molecule has 0 aromatic carbocycles. The van der Waals surface area contributed by atoms with Gasteiger partial charge in [0.05, 0.1) is 24.3 Å². The molecule has 130 valence electrons. The molecule has 8 nitrogen and oxygen atoms in total. The van der Waals surface area contributed by atoms with Gasteiger partial charge in [-0.3, -0.25) is 15.2 Å². The number of carbonyl (C=O) groups excluding carboxylic acids is 1. The lowest BCUT2D eigenvalue weighted by molar-refractivity contribution is -0.116. The molecule has 3 rings (SSSR count). The Kier molecular flexibility index (Phi) is 4.66. The third-order valence-electron chi connectivity index (χ3n) is 4.06. The van der Waals surface area contributed by atoms with E-state index in [4.69, 9.17) is 11.1 Å². The molecule has 0 saturated carbocycles. The maximum Gasteiger partial charge on any atom is 0.242 e. The fourth-order valence-corrected chi connectivity index (χ4v) is 2.82. The van der Waals surface area contributed by atoms with Crippen molar-refractivity contribution in [3.05, 3.63) is 47.6 Å². The molecule has 2 aromatic heterocycles. The van der Waals surface area contributed by atoms with Crippen LogP contribution < -0.4 is 11.1 Å². The summed E-state index contributed by atoms with van der Waals surface area (Å²) in [4.78, 5) is 26.5. The van der Waals surface area contributed by atoms with E-state index < -0.39 is 23.5 Å². The van der Waals surface area contributed by atoms with Gasteiger partial charge in [-0.25, -0.2) is 14.4 Å². The lowest BCUT2D eigenvalue weighted by Gasteiger charge is -2.26. The number of halogens is 1. The molecule has 4 N–H and O–H groups in total. The minimum atomic E-state index is -1.19. The van der Waals surface area contributed by atoms with Gasteiger partial charge in [-0.1, -0.05) is 0 Å². The first-order chi connectivity index (χ1) is 12.0. The van der Waals surface area contributed by atoms with Crippen LogP contribution in [0, 0.1) is 11.2 Å². The molecule has 0 radical (unpaired) electrons. The Labute approximate surface area is 143 Å².